The van der Waals surface area contributed by atoms with Gasteiger partial charge in [0.2, 0.25) is 5.91 Å². The molecule has 0 aliphatic heterocycles. The van der Waals surface area contributed by atoms with Gasteiger partial charge < -0.3 is 14.6 Å². The lowest BCUT2D eigenvalue weighted by Gasteiger charge is -2.12. The van der Waals surface area contributed by atoms with E-state index in [9.17, 15) is 4.79 Å². The number of nitrogens with one attached hydrogen (secondary N) is 1. The van der Waals surface area contributed by atoms with Crippen molar-refractivity contribution in [1.29, 1.82) is 0 Å². The third kappa shape index (κ3) is 4.88. The molecule has 1 amide bonds. The molecule has 1 N–H and O–H groups in total. The van der Waals surface area contributed by atoms with E-state index in [-0.39, 0.29) is 11.7 Å². The molecule has 4 aromatic rings. The highest BCUT2D eigenvalue weighted by Crippen LogP contribution is 2.26. The van der Waals surface area contributed by atoms with E-state index in [1.165, 1.54) is 23.1 Å². The average molecular weight is 454 g/mol. The van der Waals surface area contributed by atoms with Crippen molar-refractivity contribution < 1.29 is 9.53 Å². The molecule has 7 nitrogen and oxygen atoms in total. The lowest BCUT2D eigenvalue weighted by molar-refractivity contribution is -0.113. The molecule has 0 atom stereocenters. The van der Waals surface area contributed by atoms with E-state index in [4.69, 9.17) is 4.74 Å². The minimum Gasteiger partial charge on any atom is -0.485 e. The zero-order valence-corrected chi connectivity index (χ0v) is 19.2. The Kier molecular flexibility index (Phi) is 6.53. The minimum atomic E-state index is -0.122. The van der Waals surface area contributed by atoms with Crippen molar-refractivity contribution in [3.63, 3.8) is 0 Å². The first-order chi connectivity index (χ1) is 15.0. The van der Waals surface area contributed by atoms with Crippen LogP contribution in [0.4, 0.5) is 5.13 Å². The predicted molar refractivity (Wildman–Crippen MR) is 125 cm³/mol. The minimum absolute atomic E-state index is 0.122. The molecule has 2 heterocycles. The number of aromatic nitrogens is 4. The number of thiazole rings is 1. The quantitative estimate of drug-likeness (QED) is 0.385. The molecule has 0 radical (unpaired) electrons. The van der Waals surface area contributed by atoms with Gasteiger partial charge in [0.15, 0.2) is 16.1 Å². The number of para-hydroxylation sites is 2. The summed E-state index contributed by atoms with van der Waals surface area (Å²) < 4.78 is 9.05. The Labute approximate surface area is 188 Å². The van der Waals surface area contributed by atoms with Crippen LogP contribution in [-0.2, 0) is 17.9 Å². The Morgan fingerprint density at radius 3 is 2.65 bits per heavy atom. The number of nitrogens with zero attached hydrogens (tertiary/aromatic N) is 4. The van der Waals surface area contributed by atoms with Crippen LogP contribution in [0.25, 0.3) is 10.2 Å². The maximum atomic E-state index is 12.4. The highest BCUT2D eigenvalue weighted by atomic mass is 32.2. The van der Waals surface area contributed by atoms with Crippen LogP contribution in [0.2, 0.25) is 0 Å². The Morgan fingerprint density at radius 2 is 1.90 bits per heavy atom. The molecule has 31 heavy (non-hydrogen) atoms. The van der Waals surface area contributed by atoms with Crippen LogP contribution < -0.4 is 10.1 Å². The summed E-state index contributed by atoms with van der Waals surface area (Å²) in [6, 6.07) is 13.9. The van der Waals surface area contributed by atoms with E-state index in [0.29, 0.717) is 23.4 Å². The van der Waals surface area contributed by atoms with E-state index < -0.39 is 0 Å². The molecular weight excluding hydrogens is 430 g/mol. The topological polar surface area (TPSA) is 81.9 Å². The van der Waals surface area contributed by atoms with Gasteiger partial charge in [0.1, 0.15) is 12.4 Å². The molecule has 0 fully saturated rings. The first-order valence-corrected chi connectivity index (χ1v) is 11.7. The van der Waals surface area contributed by atoms with Crippen LogP contribution in [0.3, 0.4) is 0 Å². The number of ether oxygens (including phenoxy) is 1. The number of carbonyl (C=O) groups is 1. The largest absolute Gasteiger partial charge is 0.485 e. The molecule has 0 spiro atoms. The zero-order chi connectivity index (χ0) is 21.8. The molecule has 0 saturated heterocycles. The van der Waals surface area contributed by atoms with Crippen LogP contribution in [0.5, 0.6) is 5.75 Å². The number of thioether (sulfide) groups is 1. The van der Waals surface area contributed by atoms with Gasteiger partial charge in [-0.3, -0.25) is 4.79 Å². The van der Waals surface area contributed by atoms with Crippen LogP contribution in [0, 0.1) is 13.8 Å². The molecule has 160 valence electrons. The molecule has 0 bridgehead atoms. The second-order valence-corrected chi connectivity index (χ2v) is 8.95. The molecule has 0 unspecified atom stereocenters. The van der Waals surface area contributed by atoms with Crippen molar-refractivity contribution in [3.8, 4) is 5.75 Å². The van der Waals surface area contributed by atoms with Gasteiger partial charge in [0.25, 0.3) is 0 Å². The van der Waals surface area contributed by atoms with Crippen molar-refractivity contribution in [1.82, 2.24) is 19.7 Å². The third-order valence-electron chi connectivity index (χ3n) is 4.74. The smallest absolute Gasteiger partial charge is 0.236 e. The van der Waals surface area contributed by atoms with Crippen LogP contribution in [0.1, 0.15) is 23.9 Å². The lowest BCUT2D eigenvalue weighted by Crippen LogP contribution is -2.14. The van der Waals surface area contributed by atoms with Crippen LogP contribution in [0.15, 0.2) is 47.6 Å². The van der Waals surface area contributed by atoms with Crippen molar-refractivity contribution in [2.24, 2.45) is 0 Å². The summed E-state index contributed by atoms with van der Waals surface area (Å²) in [4.78, 5) is 16.8. The van der Waals surface area contributed by atoms with Crippen molar-refractivity contribution in [2.75, 3.05) is 11.1 Å². The lowest BCUT2D eigenvalue weighted by atomic mass is 10.1. The van der Waals surface area contributed by atoms with Gasteiger partial charge in [-0.25, -0.2) is 4.98 Å². The summed E-state index contributed by atoms with van der Waals surface area (Å²) >= 11 is 2.82. The number of aryl methyl sites for hydroxylation is 2. The number of amides is 1. The molecular formula is C22H23N5O2S2. The highest BCUT2D eigenvalue weighted by Gasteiger charge is 2.15. The van der Waals surface area contributed by atoms with Gasteiger partial charge in [-0.15, -0.1) is 10.2 Å². The standard InChI is InChI=1S/C22H23N5O2S2/c1-4-27-18(12-29-20-14(2)8-7-9-15(20)3)25-26-22(27)30-13-19(28)24-21-23-16-10-5-6-11-17(16)31-21/h5-11H,4,12-13H2,1-3H3,(H,23,24,28). The fraction of sp³-hybridized carbons (Fsp3) is 0.273. The van der Waals surface area contributed by atoms with Gasteiger partial charge in [0, 0.05) is 6.54 Å². The fourth-order valence-electron chi connectivity index (χ4n) is 3.22. The molecule has 4 rings (SSSR count). The predicted octanol–water partition coefficient (Wildman–Crippen LogP) is 4.83. The van der Waals surface area contributed by atoms with E-state index in [2.05, 4.69) is 20.5 Å². The van der Waals surface area contributed by atoms with E-state index in [1.54, 1.807) is 0 Å². The molecule has 0 aliphatic carbocycles. The average Bonchev–Trinajstić information content (AvgIpc) is 3.34. The first-order valence-electron chi connectivity index (χ1n) is 9.94. The maximum absolute atomic E-state index is 12.4. The van der Waals surface area contributed by atoms with Gasteiger partial charge >= 0.3 is 0 Å². The maximum Gasteiger partial charge on any atom is 0.236 e. The number of carbonyl (C=O) groups excluding carboxylic acids is 1. The number of hydrogen-bond donors (Lipinski definition) is 1. The Morgan fingerprint density at radius 1 is 1.13 bits per heavy atom. The highest BCUT2D eigenvalue weighted by molar-refractivity contribution is 7.99. The van der Waals surface area contributed by atoms with E-state index in [1.807, 2.05) is 67.8 Å². The number of fused-ring (bicyclic) bond motifs is 1. The number of benzene rings is 2. The second-order valence-electron chi connectivity index (χ2n) is 6.98. The second kappa shape index (κ2) is 9.49. The van der Waals surface area contributed by atoms with E-state index >= 15 is 0 Å². The molecule has 0 saturated carbocycles. The summed E-state index contributed by atoms with van der Waals surface area (Å²) in [5.41, 5.74) is 3.06. The molecule has 9 heteroatoms. The van der Waals surface area contributed by atoms with Crippen molar-refractivity contribution in [3.05, 3.63) is 59.4 Å². The van der Waals surface area contributed by atoms with Crippen LogP contribution in [-0.4, -0.2) is 31.4 Å². The number of anilines is 1. The summed E-state index contributed by atoms with van der Waals surface area (Å²) in [5, 5.41) is 12.7. The Balaban J connectivity index is 1.37. The van der Waals surface area contributed by atoms with Gasteiger partial charge in [-0.2, -0.15) is 0 Å². The summed E-state index contributed by atoms with van der Waals surface area (Å²) in [5.74, 6) is 1.71. The number of rotatable bonds is 8. The van der Waals surface area contributed by atoms with Gasteiger partial charge in [-0.1, -0.05) is 53.4 Å². The summed E-state index contributed by atoms with van der Waals surface area (Å²) in [6.07, 6.45) is 0. The van der Waals surface area contributed by atoms with Gasteiger partial charge in [-0.05, 0) is 44.0 Å². The molecule has 2 aromatic carbocycles. The normalized spacial score (nSPS) is 11.1. The van der Waals surface area contributed by atoms with Crippen LogP contribution >= 0.6 is 23.1 Å². The summed E-state index contributed by atoms with van der Waals surface area (Å²) in [6.45, 7) is 7.10. The zero-order valence-electron chi connectivity index (χ0n) is 17.6. The summed E-state index contributed by atoms with van der Waals surface area (Å²) in [7, 11) is 0. The van der Waals surface area contributed by atoms with Gasteiger partial charge in [0.05, 0.1) is 16.0 Å². The number of hydrogen-bond acceptors (Lipinski definition) is 7. The molecule has 0 aliphatic rings. The van der Waals surface area contributed by atoms with E-state index in [0.717, 1.165) is 32.9 Å². The molecule has 2 aromatic heterocycles. The van der Waals surface area contributed by atoms with Crippen molar-refractivity contribution >= 4 is 44.4 Å². The first kappa shape index (κ1) is 21.3. The third-order valence-corrected chi connectivity index (χ3v) is 6.66. The monoisotopic (exact) mass is 453 g/mol. The fourth-order valence-corrected chi connectivity index (χ4v) is 4.93. The van der Waals surface area contributed by atoms with Crippen molar-refractivity contribution in [2.45, 2.75) is 39.1 Å². The Hall–Kier alpha value is -2.91. The Bertz CT molecular complexity index is 1160. The SMILES string of the molecule is CCn1c(COc2c(C)cccc2C)nnc1SCC(=O)Nc1nc2ccccc2s1.